The van der Waals surface area contributed by atoms with Crippen molar-refractivity contribution in [2.75, 3.05) is 13.1 Å². The summed E-state index contributed by atoms with van der Waals surface area (Å²) in [4.78, 5) is 25.8. The molecule has 0 saturated carbocycles. The summed E-state index contributed by atoms with van der Waals surface area (Å²) >= 11 is 0. The number of piperidine rings is 1. The molecule has 1 aliphatic rings. The lowest BCUT2D eigenvalue weighted by atomic mass is 9.91. The summed E-state index contributed by atoms with van der Waals surface area (Å²) < 4.78 is 5.13. The molecule has 1 aliphatic heterocycles. The SMILES string of the molecule is CC(C)(C)CC(=O)NC1CCN(C(=O)c2ccco2)CC1. The van der Waals surface area contributed by atoms with Crippen LogP contribution in [0.15, 0.2) is 22.8 Å². The first-order valence-electron chi connectivity index (χ1n) is 7.47. The van der Waals surface area contributed by atoms with Gasteiger partial charge in [-0.05, 0) is 30.4 Å². The first-order chi connectivity index (χ1) is 9.85. The number of rotatable bonds is 3. The molecular weight excluding hydrogens is 268 g/mol. The van der Waals surface area contributed by atoms with Crippen LogP contribution in [0.2, 0.25) is 0 Å². The molecule has 0 spiro atoms. The second kappa shape index (κ2) is 6.33. The Morgan fingerprint density at radius 2 is 2.00 bits per heavy atom. The Bertz CT molecular complexity index is 480. The van der Waals surface area contributed by atoms with Crippen molar-refractivity contribution in [3.63, 3.8) is 0 Å². The highest BCUT2D eigenvalue weighted by molar-refractivity contribution is 5.91. The minimum Gasteiger partial charge on any atom is -0.459 e. The van der Waals surface area contributed by atoms with Crippen LogP contribution >= 0.6 is 0 Å². The van der Waals surface area contributed by atoms with Gasteiger partial charge in [-0.15, -0.1) is 0 Å². The third kappa shape index (κ3) is 4.62. The molecule has 5 nitrogen and oxygen atoms in total. The largest absolute Gasteiger partial charge is 0.459 e. The molecule has 5 heteroatoms. The van der Waals surface area contributed by atoms with Gasteiger partial charge in [-0.25, -0.2) is 0 Å². The number of hydrogen-bond donors (Lipinski definition) is 1. The molecule has 0 aliphatic carbocycles. The lowest BCUT2D eigenvalue weighted by Gasteiger charge is -2.32. The van der Waals surface area contributed by atoms with Crippen molar-refractivity contribution in [1.29, 1.82) is 0 Å². The molecule has 2 rings (SSSR count). The van der Waals surface area contributed by atoms with E-state index >= 15 is 0 Å². The van der Waals surface area contributed by atoms with E-state index in [-0.39, 0.29) is 23.3 Å². The first-order valence-corrected chi connectivity index (χ1v) is 7.47. The second-order valence-corrected chi connectivity index (χ2v) is 6.85. The Morgan fingerprint density at radius 1 is 1.33 bits per heavy atom. The van der Waals surface area contributed by atoms with E-state index in [0.717, 1.165) is 12.8 Å². The second-order valence-electron chi connectivity index (χ2n) is 6.85. The van der Waals surface area contributed by atoms with E-state index in [4.69, 9.17) is 4.42 Å². The predicted molar refractivity (Wildman–Crippen MR) is 79.8 cm³/mol. The van der Waals surface area contributed by atoms with Crippen LogP contribution in [-0.2, 0) is 4.79 Å². The predicted octanol–water partition coefficient (Wildman–Crippen LogP) is 2.44. The molecule has 1 aromatic heterocycles. The van der Waals surface area contributed by atoms with E-state index in [1.807, 2.05) is 0 Å². The van der Waals surface area contributed by atoms with Crippen molar-refractivity contribution in [3.8, 4) is 0 Å². The minimum atomic E-state index is -0.0699. The molecular formula is C16H24N2O3. The van der Waals surface area contributed by atoms with Gasteiger partial charge >= 0.3 is 0 Å². The number of hydrogen-bond acceptors (Lipinski definition) is 3. The molecule has 0 radical (unpaired) electrons. The van der Waals surface area contributed by atoms with Crippen LogP contribution in [0.3, 0.4) is 0 Å². The fourth-order valence-corrected chi connectivity index (χ4v) is 2.54. The number of nitrogens with zero attached hydrogens (tertiary/aromatic N) is 1. The molecule has 0 unspecified atom stereocenters. The van der Waals surface area contributed by atoms with Crippen LogP contribution in [-0.4, -0.2) is 35.8 Å². The minimum absolute atomic E-state index is 0.0000379. The van der Waals surface area contributed by atoms with Crippen LogP contribution in [0, 0.1) is 5.41 Å². The van der Waals surface area contributed by atoms with Crippen molar-refractivity contribution in [1.82, 2.24) is 10.2 Å². The first kappa shape index (κ1) is 15.6. The van der Waals surface area contributed by atoms with Crippen molar-refractivity contribution < 1.29 is 14.0 Å². The molecule has 116 valence electrons. The zero-order valence-corrected chi connectivity index (χ0v) is 13.0. The number of carbonyl (C=O) groups excluding carboxylic acids is 2. The smallest absolute Gasteiger partial charge is 0.289 e. The highest BCUT2D eigenvalue weighted by Gasteiger charge is 2.26. The van der Waals surface area contributed by atoms with Crippen molar-refractivity contribution in [2.45, 2.75) is 46.1 Å². The van der Waals surface area contributed by atoms with E-state index in [1.54, 1.807) is 17.0 Å². The van der Waals surface area contributed by atoms with Gasteiger partial charge in [-0.2, -0.15) is 0 Å². The van der Waals surface area contributed by atoms with Gasteiger partial charge in [0, 0.05) is 25.6 Å². The number of nitrogens with one attached hydrogen (secondary N) is 1. The van der Waals surface area contributed by atoms with Gasteiger partial charge in [-0.3, -0.25) is 9.59 Å². The van der Waals surface area contributed by atoms with E-state index in [2.05, 4.69) is 26.1 Å². The maximum atomic E-state index is 12.1. The summed E-state index contributed by atoms with van der Waals surface area (Å²) in [7, 11) is 0. The number of likely N-dealkylation sites (tertiary alicyclic amines) is 1. The highest BCUT2D eigenvalue weighted by Crippen LogP contribution is 2.19. The molecule has 0 bridgehead atoms. The van der Waals surface area contributed by atoms with Gasteiger partial charge < -0.3 is 14.6 Å². The number of amides is 2. The van der Waals surface area contributed by atoms with Crippen molar-refractivity contribution in [3.05, 3.63) is 24.2 Å². The van der Waals surface area contributed by atoms with Gasteiger partial charge in [0.2, 0.25) is 5.91 Å². The standard InChI is InChI=1S/C16H24N2O3/c1-16(2,3)11-14(19)17-12-6-8-18(9-7-12)15(20)13-5-4-10-21-13/h4-5,10,12H,6-9,11H2,1-3H3,(H,17,19). The van der Waals surface area contributed by atoms with Gasteiger partial charge in [0.25, 0.3) is 5.91 Å². The summed E-state index contributed by atoms with van der Waals surface area (Å²) in [6.07, 6.45) is 3.62. The van der Waals surface area contributed by atoms with Crippen molar-refractivity contribution >= 4 is 11.8 Å². The molecule has 1 saturated heterocycles. The summed E-state index contributed by atoms with van der Waals surface area (Å²) in [6, 6.07) is 3.56. The lowest BCUT2D eigenvalue weighted by molar-refractivity contribution is -0.123. The Balaban J connectivity index is 1.78. The third-order valence-electron chi connectivity index (χ3n) is 3.57. The fraction of sp³-hybridized carbons (Fsp3) is 0.625. The van der Waals surface area contributed by atoms with Crippen LogP contribution in [0.1, 0.15) is 50.6 Å². The van der Waals surface area contributed by atoms with Crippen LogP contribution in [0.5, 0.6) is 0 Å². The van der Waals surface area contributed by atoms with Crippen molar-refractivity contribution in [2.24, 2.45) is 5.41 Å². The topological polar surface area (TPSA) is 62.6 Å². The van der Waals surface area contributed by atoms with Gasteiger partial charge in [0.05, 0.1) is 6.26 Å². The molecule has 1 aromatic rings. The monoisotopic (exact) mass is 292 g/mol. The Kier molecular flexibility index (Phi) is 4.70. The molecule has 21 heavy (non-hydrogen) atoms. The van der Waals surface area contributed by atoms with E-state index in [1.165, 1.54) is 6.26 Å². The summed E-state index contributed by atoms with van der Waals surface area (Å²) in [5.74, 6) is 0.406. The third-order valence-corrected chi connectivity index (χ3v) is 3.57. The fourth-order valence-electron chi connectivity index (χ4n) is 2.54. The molecule has 1 N–H and O–H groups in total. The average molecular weight is 292 g/mol. The average Bonchev–Trinajstić information content (AvgIpc) is 2.90. The Morgan fingerprint density at radius 3 is 2.52 bits per heavy atom. The molecule has 0 aromatic carbocycles. The number of carbonyl (C=O) groups is 2. The maximum absolute atomic E-state index is 12.1. The normalized spacial score (nSPS) is 16.8. The van der Waals surface area contributed by atoms with E-state index < -0.39 is 0 Å². The van der Waals surface area contributed by atoms with Gasteiger partial charge in [-0.1, -0.05) is 20.8 Å². The van der Waals surface area contributed by atoms with Crippen LogP contribution < -0.4 is 5.32 Å². The van der Waals surface area contributed by atoms with Gasteiger partial charge in [0.15, 0.2) is 5.76 Å². The van der Waals surface area contributed by atoms with Gasteiger partial charge in [0.1, 0.15) is 0 Å². The zero-order valence-electron chi connectivity index (χ0n) is 13.0. The highest BCUT2D eigenvalue weighted by atomic mass is 16.3. The zero-order chi connectivity index (χ0) is 15.5. The van der Waals surface area contributed by atoms with Crippen LogP contribution in [0.25, 0.3) is 0 Å². The lowest BCUT2D eigenvalue weighted by Crippen LogP contribution is -2.47. The molecule has 0 atom stereocenters. The van der Waals surface area contributed by atoms with E-state index in [9.17, 15) is 9.59 Å². The summed E-state index contributed by atoms with van der Waals surface area (Å²) in [5.41, 5.74) is 0.0000379. The molecule has 2 heterocycles. The summed E-state index contributed by atoms with van der Waals surface area (Å²) in [5, 5.41) is 3.07. The Labute approximate surface area is 125 Å². The maximum Gasteiger partial charge on any atom is 0.289 e. The molecule has 1 fully saturated rings. The number of furan rings is 1. The van der Waals surface area contributed by atoms with E-state index in [0.29, 0.717) is 25.3 Å². The summed E-state index contributed by atoms with van der Waals surface area (Å²) in [6.45, 7) is 7.46. The van der Waals surface area contributed by atoms with Crippen LogP contribution in [0.4, 0.5) is 0 Å². The quantitative estimate of drug-likeness (QED) is 0.930. The molecule has 2 amide bonds. The Hall–Kier alpha value is -1.78.